The van der Waals surface area contributed by atoms with Crippen LogP contribution in [0.3, 0.4) is 0 Å². The highest BCUT2D eigenvalue weighted by molar-refractivity contribution is 5.74. The Bertz CT molecular complexity index is 560. The van der Waals surface area contributed by atoms with E-state index in [9.17, 15) is 9.90 Å². The van der Waals surface area contributed by atoms with Crippen LogP contribution in [-0.4, -0.2) is 28.6 Å². The van der Waals surface area contributed by atoms with Crippen LogP contribution >= 0.6 is 0 Å². The number of nitriles is 1. The largest absolute Gasteiger partial charge is 0.480 e. The van der Waals surface area contributed by atoms with Crippen molar-refractivity contribution in [1.29, 1.82) is 5.26 Å². The lowest BCUT2D eigenvalue weighted by atomic mass is 9.89. The van der Waals surface area contributed by atoms with Crippen LogP contribution in [0.4, 0.5) is 0 Å². The summed E-state index contributed by atoms with van der Waals surface area (Å²) in [6.07, 6.45) is 2.19. The van der Waals surface area contributed by atoms with Gasteiger partial charge < -0.3 is 5.11 Å². The van der Waals surface area contributed by atoms with Gasteiger partial charge in [-0.1, -0.05) is 24.3 Å². The fourth-order valence-corrected chi connectivity index (χ4v) is 2.84. The van der Waals surface area contributed by atoms with Gasteiger partial charge in [0.25, 0.3) is 0 Å². The molecule has 0 aromatic heterocycles. The van der Waals surface area contributed by atoms with Crippen LogP contribution in [0.25, 0.3) is 0 Å². The Hall–Kier alpha value is -1.86. The summed E-state index contributed by atoms with van der Waals surface area (Å²) in [6, 6.07) is 9.88. The summed E-state index contributed by atoms with van der Waals surface area (Å²) < 4.78 is 0. The standard InChI is InChI=1S/C17H22N2O2/c1-17(2,12-18)8-5-9-19-11-14-7-4-3-6-13(14)10-15(19)16(20)21/h3-4,6-7,15H,5,8-11H2,1-2H3,(H,20,21)/t15-/m0/s1. The Morgan fingerprint density at radius 3 is 2.71 bits per heavy atom. The summed E-state index contributed by atoms with van der Waals surface area (Å²) in [6.45, 7) is 5.25. The van der Waals surface area contributed by atoms with Gasteiger partial charge in [-0.15, -0.1) is 0 Å². The van der Waals surface area contributed by atoms with Crippen LogP contribution in [0.2, 0.25) is 0 Å². The van der Waals surface area contributed by atoms with E-state index in [1.165, 1.54) is 5.56 Å². The number of carbonyl (C=O) groups is 1. The smallest absolute Gasteiger partial charge is 0.321 e. The quantitative estimate of drug-likeness (QED) is 0.904. The van der Waals surface area contributed by atoms with Gasteiger partial charge in [-0.05, 0) is 50.8 Å². The van der Waals surface area contributed by atoms with E-state index in [0.717, 1.165) is 24.9 Å². The number of benzene rings is 1. The minimum absolute atomic E-state index is 0.341. The lowest BCUT2D eigenvalue weighted by molar-refractivity contribution is -0.144. The maximum atomic E-state index is 11.5. The average Bonchev–Trinajstić information content (AvgIpc) is 2.46. The van der Waals surface area contributed by atoms with Gasteiger partial charge in [0.05, 0.1) is 11.5 Å². The Balaban J connectivity index is 2.04. The number of hydrogen-bond donors (Lipinski definition) is 1. The highest BCUT2D eigenvalue weighted by Gasteiger charge is 2.31. The molecule has 0 saturated carbocycles. The third kappa shape index (κ3) is 3.83. The number of carboxylic acid groups (broad SMARTS) is 1. The van der Waals surface area contributed by atoms with Gasteiger partial charge >= 0.3 is 5.97 Å². The fraction of sp³-hybridized carbons (Fsp3) is 0.529. The Morgan fingerprint density at radius 2 is 2.10 bits per heavy atom. The maximum Gasteiger partial charge on any atom is 0.321 e. The van der Waals surface area contributed by atoms with E-state index in [1.54, 1.807) is 0 Å². The Kier molecular flexibility index (Phi) is 4.64. The number of nitrogens with zero attached hydrogens (tertiary/aromatic N) is 2. The van der Waals surface area contributed by atoms with Gasteiger partial charge in [0.15, 0.2) is 0 Å². The van der Waals surface area contributed by atoms with Gasteiger partial charge in [-0.2, -0.15) is 5.26 Å². The molecule has 1 heterocycles. The molecular formula is C17H22N2O2. The molecule has 4 heteroatoms. The highest BCUT2D eigenvalue weighted by Crippen LogP contribution is 2.26. The zero-order valence-corrected chi connectivity index (χ0v) is 12.7. The van der Waals surface area contributed by atoms with Gasteiger partial charge in [-0.25, -0.2) is 0 Å². The molecule has 1 aliphatic rings. The minimum Gasteiger partial charge on any atom is -0.480 e. The zero-order valence-electron chi connectivity index (χ0n) is 12.7. The van der Waals surface area contributed by atoms with Crippen LogP contribution in [0.1, 0.15) is 37.8 Å². The van der Waals surface area contributed by atoms with Crippen molar-refractivity contribution in [3.63, 3.8) is 0 Å². The third-order valence-corrected chi connectivity index (χ3v) is 4.18. The van der Waals surface area contributed by atoms with Gasteiger partial charge in [0.2, 0.25) is 0 Å². The van der Waals surface area contributed by atoms with Crippen molar-refractivity contribution in [1.82, 2.24) is 4.90 Å². The summed E-state index contributed by atoms with van der Waals surface area (Å²) >= 11 is 0. The van der Waals surface area contributed by atoms with Gasteiger partial charge in [-0.3, -0.25) is 9.69 Å². The minimum atomic E-state index is -0.760. The van der Waals surface area contributed by atoms with Crippen molar-refractivity contribution in [3.8, 4) is 6.07 Å². The third-order valence-electron chi connectivity index (χ3n) is 4.18. The molecule has 2 rings (SSSR count). The monoisotopic (exact) mass is 286 g/mol. The molecule has 0 amide bonds. The van der Waals surface area contributed by atoms with Gasteiger partial charge in [0.1, 0.15) is 6.04 Å². The first-order chi connectivity index (χ1) is 9.93. The second-order valence-corrected chi connectivity index (χ2v) is 6.40. The van der Waals surface area contributed by atoms with E-state index in [4.69, 9.17) is 5.26 Å². The van der Waals surface area contributed by atoms with Crippen molar-refractivity contribution in [3.05, 3.63) is 35.4 Å². The van der Waals surface area contributed by atoms with Crippen molar-refractivity contribution in [2.75, 3.05) is 6.54 Å². The number of fused-ring (bicyclic) bond motifs is 1. The molecule has 112 valence electrons. The number of hydrogen-bond acceptors (Lipinski definition) is 3. The molecule has 0 radical (unpaired) electrons. The van der Waals surface area contributed by atoms with Crippen molar-refractivity contribution in [2.24, 2.45) is 5.41 Å². The van der Waals surface area contributed by atoms with E-state index >= 15 is 0 Å². The van der Waals surface area contributed by atoms with Crippen LogP contribution in [0.15, 0.2) is 24.3 Å². The molecule has 0 saturated heterocycles. The SMILES string of the molecule is CC(C)(C#N)CCCN1Cc2ccccc2C[C@H]1C(=O)O. The van der Waals surface area contributed by atoms with E-state index < -0.39 is 12.0 Å². The van der Waals surface area contributed by atoms with Crippen molar-refractivity contribution in [2.45, 2.75) is 45.7 Å². The lowest BCUT2D eigenvalue weighted by Gasteiger charge is -2.34. The molecule has 0 unspecified atom stereocenters. The summed E-state index contributed by atoms with van der Waals surface area (Å²) in [5.41, 5.74) is 2.01. The van der Waals surface area contributed by atoms with E-state index in [0.29, 0.717) is 13.0 Å². The molecule has 1 N–H and O–H groups in total. The lowest BCUT2D eigenvalue weighted by Crippen LogP contribution is -2.46. The van der Waals surface area contributed by atoms with Gasteiger partial charge in [0, 0.05) is 6.54 Å². The Labute approximate surface area is 126 Å². The first-order valence-electron chi connectivity index (χ1n) is 7.38. The molecule has 1 atom stereocenters. The predicted octanol–water partition coefficient (Wildman–Crippen LogP) is 2.83. The van der Waals surface area contributed by atoms with Crippen LogP contribution < -0.4 is 0 Å². The maximum absolute atomic E-state index is 11.5. The molecule has 0 spiro atoms. The second-order valence-electron chi connectivity index (χ2n) is 6.40. The molecule has 0 aliphatic carbocycles. The first-order valence-corrected chi connectivity index (χ1v) is 7.38. The summed E-state index contributed by atoms with van der Waals surface area (Å²) in [7, 11) is 0. The topological polar surface area (TPSA) is 64.3 Å². The molecule has 0 bridgehead atoms. The molecular weight excluding hydrogens is 264 g/mol. The number of rotatable bonds is 5. The van der Waals surface area contributed by atoms with Crippen LogP contribution in [0, 0.1) is 16.7 Å². The number of carboxylic acids is 1. The number of aliphatic carboxylic acids is 1. The molecule has 1 aromatic carbocycles. The fourth-order valence-electron chi connectivity index (χ4n) is 2.84. The van der Waals surface area contributed by atoms with Crippen molar-refractivity contribution < 1.29 is 9.90 Å². The average molecular weight is 286 g/mol. The molecule has 1 aliphatic heterocycles. The highest BCUT2D eigenvalue weighted by atomic mass is 16.4. The second kappa shape index (κ2) is 6.28. The first kappa shape index (κ1) is 15.5. The van der Waals surface area contributed by atoms with Crippen molar-refractivity contribution >= 4 is 5.97 Å². The zero-order chi connectivity index (χ0) is 15.5. The van der Waals surface area contributed by atoms with Crippen LogP contribution in [0.5, 0.6) is 0 Å². The molecule has 0 fully saturated rings. The normalized spacial score (nSPS) is 18.8. The molecule has 1 aromatic rings. The predicted molar refractivity (Wildman–Crippen MR) is 80.6 cm³/mol. The summed E-state index contributed by atoms with van der Waals surface area (Å²) in [4.78, 5) is 13.5. The summed E-state index contributed by atoms with van der Waals surface area (Å²) in [5, 5.41) is 18.5. The van der Waals surface area contributed by atoms with E-state index in [1.807, 2.05) is 36.9 Å². The van der Waals surface area contributed by atoms with E-state index in [-0.39, 0.29) is 5.41 Å². The molecule has 4 nitrogen and oxygen atoms in total. The molecule has 21 heavy (non-hydrogen) atoms. The Morgan fingerprint density at radius 1 is 1.43 bits per heavy atom. The van der Waals surface area contributed by atoms with E-state index in [2.05, 4.69) is 12.1 Å². The van der Waals surface area contributed by atoms with Crippen LogP contribution in [-0.2, 0) is 17.8 Å². The summed E-state index contributed by atoms with van der Waals surface area (Å²) in [5.74, 6) is -0.760.